The van der Waals surface area contributed by atoms with Crippen molar-refractivity contribution in [3.05, 3.63) is 40.2 Å². The molecule has 0 radical (unpaired) electrons. The van der Waals surface area contributed by atoms with Crippen LogP contribution in [0.1, 0.15) is 12.0 Å². The van der Waals surface area contributed by atoms with Crippen molar-refractivity contribution in [1.82, 2.24) is 14.3 Å². The van der Waals surface area contributed by atoms with Gasteiger partial charge in [-0.05, 0) is 19.1 Å². The van der Waals surface area contributed by atoms with Gasteiger partial charge in [0.15, 0.2) is 6.29 Å². The average Bonchev–Trinajstić information content (AvgIpc) is 3.18. The highest BCUT2D eigenvalue weighted by Crippen LogP contribution is 2.21. The summed E-state index contributed by atoms with van der Waals surface area (Å²) in [5.41, 5.74) is 3.52. The van der Waals surface area contributed by atoms with Gasteiger partial charge < -0.3 is 14.0 Å². The molecule has 0 unspecified atom stereocenters. The molecule has 3 aromatic rings. The van der Waals surface area contributed by atoms with Crippen LogP contribution < -0.4 is 5.43 Å². The third-order valence-corrected chi connectivity index (χ3v) is 4.39. The number of benzene rings is 1. The Morgan fingerprint density at radius 2 is 2.04 bits per heavy atom. The second-order valence-electron chi connectivity index (χ2n) is 5.96. The van der Waals surface area contributed by atoms with Crippen LogP contribution in [0.5, 0.6) is 0 Å². The molecule has 0 spiro atoms. The average molecular weight is 313 g/mol. The van der Waals surface area contributed by atoms with Crippen molar-refractivity contribution in [3.63, 3.8) is 0 Å². The van der Waals surface area contributed by atoms with Gasteiger partial charge in [-0.1, -0.05) is 11.6 Å². The molecule has 1 saturated heterocycles. The molecule has 6 heteroatoms. The van der Waals surface area contributed by atoms with Crippen molar-refractivity contribution in [1.29, 1.82) is 0 Å². The van der Waals surface area contributed by atoms with E-state index in [4.69, 9.17) is 9.47 Å². The van der Waals surface area contributed by atoms with E-state index in [9.17, 15) is 4.79 Å². The molecule has 0 bridgehead atoms. The van der Waals surface area contributed by atoms with Crippen LogP contribution in [-0.2, 0) is 23.1 Å². The molecular formula is C17H19N3O3. The minimum absolute atomic E-state index is 0.0308. The summed E-state index contributed by atoms with van der Waals surface area (Å²) in [4.78, 5) is 12.8. The Kier molecular flexibility index (Phi) is 3.43. The van der Waals surface area contributed by atoms with Crippen molar-refractivity contribution in [3.8, 4) is 0 Å². The van der Waals surface area contributed by atoms with E-state index < -0.39 is 0 Å². The quantitative estimate of drug-likeness (QED) is 0.742. The summed E-state index contributed by atoms with van der Waals surface area (Å²) in [7, 11) is 1.80. The number of ether oxygens (including phenoxy) is 2. The first-order valence-corrected chi connectivity index (χ1v) is 7.83. The van der Waals surface area contributed by atoms with Crippen LogP contribution in [0.4, 0.5) is 0 Å². The second-order valence-corrected chi connectivity index (χ2v) is 5.96. The predicted octanol–water partition coefficient (Wildman–Crippen LogP) is 1.96. The number of hydrogen-bond acceptors (Lipinski definition) is 4. The molecule has 2 aromatic heterocycles. The Morgan fingerprint density at radius 1 is 1.26 bits per heavy atom. The Labute approximate surface area is 133 Å². The van der Waals surface area contributed by atoms with Crippen LogP contribution in [0.15, 0.2) is 29.2 Å². The van der Waals surface area contributed by atoms with Gasteiger partial charge >= 0.3 is 0 Å². The van der Waals surface area contributed by atoms with Crippen molar-refractivity contribution in [2.45, 2.75) is 26.2 Å². The van der Waals surface area contributed by atoms with Crippen LogP contribution in [-0.4, -0.2) is 33.9 Å². The molecule has 0 atom stereocenters. The van der Waals surface area contributed by atoms with Crippen LogP contribution in [0, 0.1) is 6.92 Å². The molecule has 1 aliphatic heterocycles. The lowest BCUT2D eigenvalue weighted by molar-refractivity contribution is -0.0487. The van der Waals surface area contributed by atoms with E-state index >= 15 is 0 Å². The normalized spacial score (nSPS) is 15.9. The topological polar surface area (TPSA) is 58.3 Å². The van der Waals surface area contributed by atoms with E-state index in [1.54, 1.807) is 17.9 Å². The smallest absolute Gasteiger partial charge is 0.215 e. The summed E-state index contributed by atoms with van der Waals surface area (Å²) in [6.45, 7) is 4.01. The highest BCUT2D eigenvalue weighted by atomic mass is 16.7. The lowest BCUT2D eigenvalue weighted by Crippen LogP contribution is -2.16. The van der Waals surface area contributed by atoms with Gasteiger partial charge in [-0.2, -0.15) is 5.10 Å². The van der Waals surface area contributed by atoms with Gasteiger partial charge in [0.2, 0.25) is 5.43 Å². The molecule has 1 aromatic carbocycles. The molecule has 3 heterocycles. The molecule has 1 fully saturated rings. The van der Waals surface area contributed by atoms with Crippen LogP contribution >= 0.6 is 0 Å². The van der Waals surface area contributed by atoms with Crippen molar-refractivity contribution >= 4 is 21.9 Å². The van der Waals surface area contributed by atoms with Crippen molar-refractivity contribution in [2.24, 2.45) is 7.05 Å². The number of nitrogens with zero attached hydrogens (tertiary/aromatic N) is 3. The number of aromatic nitrogens is 3. The maximum Gasteiger partial charge on any atom is 0.215 e. The predicted molar refractivity (Wildman–Crippen MR) is 87.5 cm³/mol. The minimum atomic E-state index is -0.165. The minimum Gasteiger partial charge on any atom is -0.350 e. The van der Waals surface area contributed by atoms with E-state index in [0.29, 0.717) is 25.3 Å². The lowest BCUT2D eigenvalue weighted by atomic mass is 10.1. The standard InChI is InChI=1S/C17H19N3O3/c1-11-3-4-13-12(9-11)17(21)16-14(10-18-19(16)2)20(13)6-5-15-22-7-8-23-15/h3-4,9-10,15H,5-8H2,1-2H3. The number of aryl methyl sites for hydroxylation is 3. The monoisotopic (exact) mass is 313 g/mol. The molecule has 0 saturated carbocycles. The summed E-state index contributed by atoms with van der Waals surface area (Å²) >= 11 is 0. The van der Waals surface area contributed by atoms with Crippen LogP contribution in [0.3, 0.4) is 0 Å². The van der Waals surface area contributed by atoms with Gasteiger partial charge in [0.25, 0.3) is 0 Å². The molecule has 0 N–H and O–H groups in total. The summed E-state index contributed by atoms with van der Waals surface area (Å²) in [6, 6.07) is 5.99. The van der Waals surface area contributed by atoms with E-state index in [2.05, 4.69) is 9.67 Å². The highest BCUT2D eigenvalue weighted by Gasteiger charge is 2.18. The Morgan fingerprint density at radius 3 is 2.83 bits per heavy atom. The number of pyridine rings is 1. The molecule has 4 rings (SSSR count). The number of hydrogen-bond donors (Lipinski definition) is 0. The maximum atomic E-state index is 12.8. The summed E-state index contributed by atoms with van der Waals surface area (Å²) in [6.07, 6.45) is 2.34. The molecule has 120 valence electrons. The maximum absolute atomic E-state index is 12.8. The van der Waals surface area contributed by atoms with Crippen molar-refractivity contribution < 1.29 is 9.47 Å². The Balaban J connectivity index is 1.91. The fourth-order valence-electron chi connectivity index (χ4n) is 3.26. The van der Waals surface area contributed by atoms with Gasteiger partial charge in [-0.3, -0.25) is 9.48 Å². The molecule has 0 amide bonds. The largest absolute Gasteiger partial charge is 0.350 e. The van der Waals surface area contributed by atoms with Gasteiger partial charge in [0, 0.05) is 25.4 Å². The van der Waals surface area contributed by atoms with Gasteiger partial charge in [-0.25, -0.2) is 0 Å². The third-order valence-electron chi connectivity index (χ3n) is 4.39. The molecule has 0 aliphatic carbocycles. The Bertz CT molecular complexity index is 936. The first-order valence-electron chi connectivity index (χ1n) is 7.83. The summed E-state index contributed by atoms with van der Waals surface area (Å²) < 4.78 is 14.9. The Hall–Kier alpha value is -2.18. The zero-order valence-corrected chi connectivity index (χ0v) is 13.3. The second kappa shape index (κ2) is 5.47. The van der Waals surface area contributed by atoms with E-state index in [-0.39, 0.29) is 11.7 Å². The van der Waals surface area contributed by atoms with Crippen LogP contribution in [0.25, 0.3) is 21.9 Å². The number of rotatable bonds is 3. The molecule has 6 nitrogen and oxygen atoms in total. The van der Waals surface area contributed by atoms with Crippen molar-refractivity contribution in [2.75, 3.05) is 13.2 Å². The SMILES string of the molecule is Cc1ccc2c(c1)c(=O)c1c(cnn1C)n2CCC1OCCO1. The zero-order valence-electron chi connectivity index (χ0n) is 13.3. The fraction of sp³-hybridized carbons (Fsp3) is 0.412. The van der Waals surface area contributed by atoms with Gasteiger partial charge in [0.05, 0.1) is 30.4 Å². The van der Waals surface area contributed by atoms with Gasteiger partial charge in [-0.15, -0.1) is 0 Å². The third kappa shape index (κ3) is 2.34. The van der Waals surface area contributed by atoms with E-state index in [0.717, 1.165) is 28.4 Å². The first-order chi connectivity index (χ1) is 11.1. The fourth-order valence-corrected chi connectivity index (χ4v) is 3.26. The molecule has 23 heavy (non-hydrogen) atoms. The zero-order chi connectivity index (χ0) is 16.0. The first kappa shape index (κ1) is 14.4. The summed E-state index contributed by atoms with van der Waals surface area (Å²) in [5, 5.41) is 5.01. The summed E-state index contributed by atoms with van der Waals surface area (Å²) in [5.74, 6) is 0. The van der Waals surface area contributed by atoms with Crippen LogP contribution in [0.2, 0.25) is 0 Å². The molecular weight excluding hydrogens is 294 g/mol. The van der Waals surface area contributed by atoms with E-state index in [1.807, 2.05) is 25.1 Å². The lowest BCUT2D eigenvalue weighted by Gasteiger charge is -2.15. The van der Waals surface area contributed by atoms with E-state index in [1.165, 1.54) is 0 Å². The van der Waals surface area contributed by atoms with Gasteiger partial charge in [0.1, 0.15) is 5.52 Å². The molecule has 1 aliphatic rings. The highest BCUT2D eigenvalue weighted by molar-refractivity contribution is 5.92. The number of fused-ring (bicyclic) bond motifs is 2.